The molecule has 1 aliphatic heterocycles. The van der Waals surface area contributed by atoms with Crippen LogP contribution in [0, 0.1) is 0 Å². The summed E-state index contributed by atoms with van der Waals surface area (Å²) >= 11 is 0. The molecule has 20 heteroatoms. The first kappa shape index (κ1) is 54.5. The number of nitrogens with one attached hydrogen (secondary N) is 1. The van der Waals surface area contributed by atoms with Gasteiger partial charge in [0.2, 0.25) is 5.91 Å². The Bertz CT molecular complexity index is 2510. The molecular formula is C49H65F6N11O3+2. The Morgan fingerprint density at radius 1 is 0.710 bits per heavy atom. The number of hydrogen-bond acceptors (Lipinski definition) is 11. The maximum atomic E-state index is 13.4. The Labute approximate surface area is 397 Å². The molecule has 0 spiro atoms. The fraction of sp³-hybridized carbons (Fsp3) is 0.449. The van der Waals surface area contributed by atoms with Crippen LogP contribution in [0.2, 0.25) is 0 Å². The van der Waals surface area contributed by atoms with Crippen molar-refractivity contribution in [1.29, 1.82) is 0 Å². The van der Waals surface area contributed by atoms with Gasteiger partial charge in [0.1, 0.15) is 12.6 Å². The second-order valence-electron chi connectivity index (χ2n) is 18.7. The number of Topliss-reactive ketones (excluding diaryl/α,β-unsaturated/α-hetero) is 2. The van der Waals surface area contributed by atoms with E-state index in [1.54, 1.807) is 12.3 Å². The van der Waals surface area contributed by atoms with Gasteiger partial charge in [0.25, 0.3) is 0 Å². The second-order valence-corrected chi connectivity index (χ2v) is 18.7. The van der Waals surface area contributed by atoms with E-state index >= 15 is 0 Å². The topological polar surface area (TPSA) is 245 Å². The molecular weight excluding hydrogens is 905 g/mol. The van der Waals surface area contributed by atoms with Gasteiger partial charge < -0.3 is 48.7 Å². The molecule has 0 unspecified atom stereocenters. The number of pyridine rings is 2. The van der Waals surface area contributed by atoms with E-state index in [1.165, 1.54) is 24.4 Å². The lowest BCUT2D eigenvalue weighted by Gasteiger charge is -2.34. The van der Waals surface area contributed by atoms with Crippen LogP contribution in [0.15, 0.2) is 91.3 Å². The van der Waals surface area contributed by atoms with Crippen molar-refractivity contribution in [3.8, 4) is 0 Å². The monoisotopic (exact) mass is 970 g/mol. The van der Waals surface area contributed by atoms with Gasteiger partial charge >= 0.3 is 12.4 Å². The molecule has 0 saturated carbocycles. The summed E-state index contributed by atoms with van der Waals surface area (Å²) in [6, 6.07) is 15.9. The van der Waals surface area contributed by atoms with Crippen LogP contribution < -0.4 is 39.7 Å². The van der Waals surface area contributed by atoms with Gasteiger partial charge in [0.15, 0.2) is 11.6 Å². The van der Waals surface area contributed by atoms with Crippen LogP contribution in [0.4, 0.5) is 26.3 Å². The molecule has 5 aromatic rings. The number of nitrogens with two attached hydrogens (primary N) is 6. The van der Waals surface area contributed by atoms with Crippen molar-refractivity contribution in [3.63, 3.8) is 0 Å². The molecule has 1 aliphatic rings. The third-order valence-corrected chi connectivity index (χ3v) is 12.7. The molecule has 69 heavy (non-hydrogen) atoms. The standard InChI is InChI=1S/C28H33F3N6O2.C21H31F3N5O/c1-37(14-21(32)22(33)15-37)16-23(34)27(39)36-25(11-17-6-8-20(9-7-17)28(29,30)31)26(38)12-18-10-19-4-2-3-5-24(19)35-13-18;1-29(9-6-25,10-7-26)8-2-3-18(27)20(30)12-15-11-16-13-17(21(22,23)24)4-5-19(16)28-14-15/h2-10,13,21-23,25H,11-12,14-16,32-34H2,1H3;4-5,11,13-14,18H,2-3,6-10,12,25-27H2,1H3/q;+1/p+1/t21-,22-,23-,25+;18-/m00/s1. The van der Waals surface area contributed by atoms with Crippen molar-refractivity contribution >= 4 is 39.3 Å². The van der Waals surface area contributed by atoms with Crippen LogP contribution in [-0.4, -0.2) is 133 Å². The summed E-state index contributed by atoms with van der Waals surface area (Å²) in [6.45, 7) is 5.00. The minimum atomic E-state index is -4.47. The Morgan fingerprint density at radius 2 is 1.25 bits per heavy atom. The SMILES string of the molecule is C[N+](CCN)(CCN)CCC[C@H](N)C(=O)Cc1cnc2ccc(C(F)(F)F)cc2c1.C[N+]1(C[C@H](N)C(=O)N[C@H](Cc2ccc(C(F)(F)F)cc2)C(=O)Cc2cnc3ccccc3c2)C[C@H](N)[C@@H](N)C1. The molecule has 3 aromatic carbocycles. The van der Waals surface area contributed by atoms with E-state index < -0.39 is 47.5 Å². The lowest BCUT2D eigenvalue weighted by Crippen LogP contribution is -2.58. The number of amides is 1. The van der Waals surface area contributed by atoms with Gasteiger partial charge in [-0.25, -0.2) is 0 Å². The average Bonchev–Trinajstić information content (AvgIpc) is 3.54. The second kappa shape index (κ2) is 23.4. The van der Waals surface area contributed by atoms with Gasteiger partial charge in [0, 0.05) is 49.1 Å². The molecule has 2 aromatic heterocycles. The highest BCUT2D eigenvalue weighted by Gasteiger charge is 2.41. The summed E-state index contributed by atoms with van der Waals surface area (Å²) in [5.41, 5.74) is 37.2. The summed E-state index contributed by atoms with van der Waals surface area (Å²) < 4.78 is 79.0. The lowest BCUT2D eigenvalue weighted by atomic mass is 9.96. The minimum absolute atomic E-state index is 0.0122. The van der Waals surface area contributed by atoms with Crippen LogP contribution in [0.5, 0.6) is 0 Å². The number of carbonyl (C=O) groups is 3. The molecule has 13 N–H and O–H groups in total. The highest BCUT2D eigenvalue weighted by atomic mass is 19.4. The number of halogens is 6. The molecule has 1 saturated heterocycles. The smallest absolute Gasteiger partial charge is 0.344 e. The predicted octanol–water partition coefficient (Wildman–Crippen LogP) is 3.37. The number of aromatic nitrogens is 2. The van der Waals surface area contributed by atoms with Crippen molar-refractivity contribution in [2.24, 2.45) is 34.4 Å². The molecule has 3 heterocycles. The maximum absolute atomic E-state index is 13.4. The largest absolute Gasteiger partial charge is 0.416 e. The van der Waals surface area contributed by atoms with Crippen LogP contribution in [0.1, 0.15) is 40.7 Å². The van der Waals surface area contributed by atoms with E-state index in [2.05, 4.69) is 22.3 Å². The number of likely N-dealkylation sites (tertiary alicyclic amines) is 1. The highest BCUT2D eigenvalue weighted by Crippen LogP contribution is 2.32. The predicted molar refractivity (Wildman–Crippen MR) is 254 cm³/mol. The van der Waals surface area contributed by atoms with Crippen molar-refractivity contribution in [1.82, 2.24) is 15.3 Å². The van der Waals surface area contributed by atoms with E-state index in [4.69, 9.17) is 34.4 Å². The van der Waals surface area contributed by atoms with Crippen molar-refractivity contribution in [2.75, 3.05) is 66.5 Å². The summed E-state index contributed by atoms with van der Waals surface area (Å²) in [7, 11) is 4.01. The van der Waals surface area contributed by atoms with Crippen LogP contribution in [-0.2, 0) is 46.0 Å². The number of fused-ring (bicyclic) bond motifs is 2. The van der Waals surface area contributed by atoms with E-state index in [0.717, 1.165) is 65.7 Å². The Hall–Kier alpha value is -5.45. The number of hydrogen-bond donors (Lipinski definition) is 7. The first-order valence-electron chi connectivity index (χ1n) is 22.8. The zero-order valence-electron chi connectivity index (χ0n) is 39.0. The first-order valence-corrected chi connectivity index (χ1v) is 22.8. The third-order valence-electron chi connectivity index (χ3n) is 12.7. The normalized spacial score (nSPS) is 17.5. The first-order chi connectivity index (χ1) is 32.4. The van der Waals surface area contributed by atoms with E-state index in [0.29, 0.717) is 64.7 Å². The van der Waals surface area contributed by atoms with Crippen LogP contribution >= 0.6 is 0 Å². The van der Waals surface area contributed by atoms with Crippen molar-refractivity contribution in [3.05, 3.63) is 119 Å². The Morgan fingerprint density at radius 3 is 1.83 bits per heavy atom. The van der Waals surface area contributed by atoms with Crippen molar-refractivity contribution < 1.29 is 49.7 Å². The molecule has 14 nitrogen and oxygen atoms in total. The summed E-state index contributed by atoms with van der Waals surface area (Å²) in [5.74, 6) is -0.988. The van der Waals surface area contributed by atoms with E-state index in [-0.39, 0.29) is 49.5 Å². The number of carbonyl (C=O) groups excluding carboxylic acids is 3. The molecule has 1 fully saturated rings. The molecule has 5 atom stereocenters. The van der Waals surface area contributed by atoms with Crippen molar-refractivity contribution in [2.45, 2.75) is 74.7 Å². The zero-order chi connectivity index (χ0) is 50.7. The minimum Gasteiger partial charge on any atom is -0.344 e. The maximum Gasteiger partial charge on any atom is 0.416 e. The molecule has 0 radical (unpaired) electrons. The zero-order valence-corrected chi connectivity index (χ0v) is 39.0. The summed E-state index contributed by atoms with van der Waals surface area (Å²) in [6.07, 6.45) is -4.47. The number of likely N-dealkylation sites (N-methyl/N-ethyl adjacent to an activating group) is 2. The summed E-state index contributed by atoms with van der Waals surface area (Å²) in [5, 5.41) is 3.97. The quantitative estimate of drug-likeness (QED) is 0.0441. The van der Waals surface area contributed by atoms with Gasteiger partial charge in [-0.3, -0.25) is 24.4 Å². The average molecular weight is 970 g/mol. The number of rotatable bonds is 20. The van der Waals surface area contributed by atoms with Gasteiger partial charge in [-0.15, -0.1) is 0 Å². The number of para-hydroxylation sites is 1. The number of ketones is 2. The van der Waals surface area contributed by atoms with Crippen LogP contribution in [0.25, 0.3) is 21.8 Å². The fourth-order valence-corrected chi connectivity index (χ4v) is 8.79. The molecule has 374 valence electrons. The number of nitrogens with zero attached hydrogens (tertiary/aromatic N) is 4. The number of benzene rings is 3. The van der Waals surface area contributed by atoms with Gasteiger partial charge in [-0.05, 0) is 84.5 Å². The Balaban J connectivity index is 0.000000267. The van der Waals surface area contributed by atoms with Gasteiger partial charge in [0.05, 0.1) is 93.1 Å². The number of alkyl halides is 6. The number of quaternary nitrogens is 2. The summed E-state index contributed by atoms with van der Waals surface area (Å²) in [4.78, 5) is 47.6. The molecule has 1 amide bonds. The third kappa shape index (κ3) is 15.8. The fourth-order valence-electron chi connectivity index (χ4n) is 8.79. The van der Waals surface area contributed by atoms with Crippen LogP contribution in [0.3, 0.4) is 0 Å². The molecule has 0 bridgehead atoms. The van der Waals surface area contributed by atoms with Gasteiger partial charge in [-0.1, -0.05) is 30.3 Å². The van der Waals surface area contributed by atoms with E-state index in [1.807, 2.05) is 37.4 Å². The van der Waals surface area contributed by atoms with E-state index in [9.17, 15) is 40.7 Å². The lowest BCUT2D eigenvalue weighted by molar-refractivity contribution is -0.907. The highest BCUT2D eigenvalue weighted by molar-refractivity contribution is 5.93. The Kier molecular flexibility index (Phi) is 18.5. The molecule has 6 rings (SSSR count). The molecule has 0 aliphatic carbocycles. The van der Waals surface area contributed by atoms with Gasteiger partial charge in [-0.2, -0.15) is 26.3 Å².